The zero-order valence-corrected chi connectivity index (χ0v) is 11.2. The summed E-state index contributed by atoms with van der Waals surface area (Å²) in [5, 5.41) is 0. The standard InChI is InChI=1S/C11H6BrF4N3O/c12-5-1-2-6(13)7(3-5)20-9-4-8(11(14,15)16)18-10(17)19-9/h1-4H,(H2,17,18,19). The van der Waals surface area contributed by atoms with Crippen LogP contribution in [0, 0.1) is 5.82 Å². The number of rotatable bonds is 2. The molecule has 20 heavy (non-hydrogen) atoms. The fourth-order valence-corrected chi connectivity index (χ4v) is 1.65. The molecule has 0 atom stereocenters. The van der Waals surface area contributed by atoms with Crippen LogP contribution in [0.15, 0.2) is 28.7 Å². The second-order valence-corrected chi connectivity index (χ2v) is 4.54. The number of nitrogens with zero attached hydrogens (tertiary/aromatic N) is 2. The maximum absolute atomic E-state index is 13.4. The Morgan fingerprint density at radius 3 is 2.50 bits per heavy atom. The van der Waals surface area contributed by atoms with Crippen molar-refractivity contribution in [2.75, 3.05) is 5.73 Å². The molecule has 0 saturated heterocycles. The minimum absolute atomic E-state index is 0.286. The van der Waals surface area contributed by atoms with Crippen LogP contribution < -0.4 is 10.5 Å². The largest absolute Gasteiger partial charge is 0.436 e. The van der Waals surface area contributed by atoms with Crippen LogP contribution in [0.5, 0.6) is 11.6 Å². The number of ether oxygens (including phenoxy) is 1. The molecule has 0 radical (unpaired) electrons. The van der Waals surface area contributed by atoms with Gasteiger partial charge < -0.3 is 10.5 Å². The highest BCUT2D eigenvalue weighted by atomic mass is 79.9. The predicted molar refractivity (Wildman–Crippen MR) is 65.6 cm³/mol. The summed E-state index contributed by atoms with van der Waals surface area (Å²) in [6, 6.07) is 4.30. The third kappa shape index (κ3) is 3.35. The first-order valence-electron chi connectivity index (χ1n) is 5.10. The summed E-state index contributed by atoms with van der Waals surface area (Å²) in [7, 11) is 0. The summed E-state index contributed by atoms with van der Waals surface area (Å²) in [6.07, 6.45) is -4.70. The zero-order valence-electron chi connectivity index (χ0n) is 9.58. The number of nitrogens with two attached hydrogens (primary N) is 1. The molecule has 1 aromatic carbocycles. The molecule has 0 aliphatic rings. The molecule has 9 heteroatoms. The van der Waals surface area contributed by atoms with Crippen LogP contribution >= 0.6 is 15.9 Å². The second kappa shape index (κ2) is 5.23. The van der Waals surface area contributed by atoms with E-state index in [1.165, 1.54) is 12.1 Å². The van der Waals surface area contributed by atoms with E-state index in [1.807, 2.05) is 0 Å². The number of anilines is 1. The zero-order chi connectivity index (χ0) is 14.9. The summed E-state index contributed by atoms with van der Waals surface area (Å²) in [4.78, 5) is 6.52. The van der Waals surface area contributed by atoms with Crippen molar-refractivity contribution in [1.82, 2.24) is 9.97 Å². The van der Waals surface area contributed by atoms with Gasteiger partial charge in [0, 0.05) is 10.5 Å². The lowest BCUT2D eigenvalue weighted by molar-refractivity contribution is -0.141. The lowest BCUT2D eigenvalue weighted by Crippen LogP contribution is -2.11. The molecule has 0 amide bonds. The van der Waals surface area contributed by atoms with Crippen molar-refractivity contribution in [3.05, 3.63) is 40.2 Å². The van der Waals surface area contributed by atoms with Crippen LogP contribution in [0.25, 0.3) is 0 Å². The highest BCUT2D eigenvalue weighted by molar-refractivity contribution is 9.10. The van der Waals surface area contributed by atoms with Crippen LogP contribution in [-0.4, -0.2) is 9.97 Å². The van der Waals surface area contributed by atoms with Crippen LogP contribution in [0.1, 0.15) is 5.69 Å². The Balaban J connectivity index is 2.39. The number of hydrogen-bond donors (Lipinski definition) is 1. The van der Waals surface area contributed by atoms with Crippen molar-refractivity contribution in [3.63, 3.8) is 0 Å². The van der Waals surface area contributed by atoms with E-state index in [4.69, 9.17) is 10.5 Å². The smallest absolute Gasteiger partial charge is 0.433 e. The van der Waals surface area contributed by atoms with Crippen LogP contribution in [0.4, 0.5) is 23.5 Å². The Bertz CT molecular complexity index is 648. The SMILES string of the molecule is Nc1nc(Oc2cc(Br)ccc2F)cc(C(F)(F)F)n1. The molecule has 0 bridgehead atoms. The van der Waals surface area contributed by atoms with Crippen LogP contribution in [0.3, 0.4) is 0 Å². The Hall–Kier alpha value is -1.90. The summed E-state index contributed by atoms with van der Waals surface area (Å²) >= 11 is 3.09. The third-order valence-electron chi connectivity index (χ3n) is 2.12. The van der Waals surface area contributed by atoms with Gasteiger partial charge in [0.15, 0.2) is 17.3 Å². The van der Waals surface area contributed by atoms with Crippen LogP contribution in [0.2, 0.25) is 0 Å². The van der Waals surface area contributed by atoms with E-state index in [9.17, 15) is 17.6 Å². The van der Waals surface area contributed by atoms with Crippen molar-refractivity contribution in [3.8, 4) is 11.6 Å². The fourth-order valence-electron chi connectivity index (χ4n) is 1.31. The molecule has 0 aliphatic heterocycles. The molecule has 0 aliphatic carbocycles. The maximum atomic E-state index is 13.4. The van der Waals surface area contributed by atoms with Gasteiger partial charge in [0.1, 0.15) is 0 Å². The Kier molecular flexibility index (Phi) is 3.80. The van der Waals surface area contributed by atoms with E-state index in [-0.39, 0.29) is 5.75 Å². The normalized spacial score (nSPS) is 11.4. The summed E-state index contributed by atoms with van der Waals surface area (Å²) in [6.45, 7) is 0. The van der Waals surface area contributed by atoms with Crippen molar-refractivity contribution >= 4 is 21.9 Å². The predicted octanol–water partition coefficient (Wildman–Crippen LogP) is 3.77. The lowest BCUT2D eigenvalue weighted by Gasteiger charge is -2.10. The number of nitrogen functional groups attached to an aromatic ring is 1. The number of halogens is 5. The topological polar surface area (TPSA) is 61.0 Å². The Morgan fingerprint density at radius 1 is 1.15 bits per heavy atom. The minimum Gasteiger partial charge on any atom is -0.436 e. The summed E-state index contributed by atoms with van der Waals surface area (Å²) in [5.74, 6) is -2.16. The molecule has 106 valence electrons. The maximum Gasteiger partial charge on any atom is 0.433 e. The van der Waals surface area contributed by atoms with E-state index < -0.39 is 29.5 Å². The molecular weight excluding hydrogens is 346 g/mol. The van der Waals surface area contributed by atoms with Gasteiger partial charge in [-0.3, -0.25) is 0 Å². The molecule has 2 aromatic rings. The van der Waals surface area contributed by atoms with Crippen LogP contribution in [-0.2, 0) is 6.18 Å². The van der Waals surface area contributed by atoms with Gasteiger partial charge in [0.05, 0.1) is 0 Å². The van der Waals surface area contributed by atoms with Gasteiger partial charge in [-0.1, -0.05) is 15.9 Å². The average molecular weight is 352 g/mol. The number of alkyl halides is 3. The number of benzene rings is 1. The van der Waals surface area contributed by atoms with Gasteiger partial charge in [-0.25, -0.2) is 9.37 Å². The van der Waals surface area contributed by atoms with Gasteiger partial charge in [-0.15, -0.1) is 0 Å². The Labute approximate surface area is 118 Å². The van der Waals surface area contributed by atoms with E-state index in [2.05, 4.69) is 25.9 Å². The van der Waals surface area contributed by atoms with Crippen molar-refractivity contribution in [2.24, 2.45) is 0 Å². The van der Waals surface area contributed by atoms with Gasteiger partial charge in [-0.2, -0.15) is 18.2 Å². The molecule has 4 nitrogen and oxygen atoms in total. The highest BCUT2D eigenvalue weighted by Gasteiger charge is 2.34. The summed E-state index contributed by atoms with van der Waals surface area (Å²) in [5.41, 5.74) is 3.90. The molecular formula is C11H6BrF4N3O. The first kappa shape index (κ1) is 14.5. The first-order chi connectivity index (χ1) is 9.25. The van der Waals surface area contributed by atoms with Gasteiger partial charge in [0.25, 0.3) is 0 Å². The summed E-state index contributed by atoms with van der Waals surface area (Å²) < 4.78 is 56.6. The monoisotopic (exact) mass is 351 g/mol. The van der Waals surface area contributed by atoms with Crippen molar-refractivity contribution in [1.29, 1.82) is 0 Å². The van der Waals surface area contributed by atoms with Gasteiger partial charge >= 0.3 is 6.18 Å². The molecule has 1 aromatic heterocycles. The molecule has 1 heterocycles. The van der Waals surface area contributed by atoms with Gasteiger partial charge in [-0.05, 0) is 18.2 Å². The van der Waals surface area contributed by atoms with E-state index >= 15 is 0 Å². The van der Waals surface area contributed by atoms with E-state index in [1.54, 1.807) is 0 Å². The molecule has 0 fully saturated rings. The lowest BCUT2D eigenvalue weighted by atomic mass is 10.3. The number of aromatic nitrogens is 2. The molecule has 0 unspecified atom stereocenters. The molecule has 2 N–H and O–H groups in total. The minimum atomic E-state index is -4.70. The Morgan fingerprint density at radius 2 is 1.85 bits per heavy atom. The highest BCUT2D eigenvalue weighted by Crippen LogP contribution is 2.32. The van der Waals surface area contributed by atoms with E-state index in [0.717, 1.165) is 6.07 Å². The quantitative estimate of drug-likeness (QED) is 0.836. The third-order valence-corrected chi connectivity index (χ3v) is 2.61. The van der Waals surface area contributed by atoms with Gasteiger partial charge in [0.2, 0.25) is 11.8 Å². The second-order valence-electron chi connectivity index (χ2n) is 3.62. The first-order valence-corrected chi connectivity index (χ1v) is 5.89. The average Bonchev–Trinajstić information content (AvgIpc) is 2.32. The van der Waals surface area contributed by atoms with E-state index in [0.29, 0.717) is 10.5 Å². The van der Waals surface area contributed by atoms with Crippen molar-refractivity contribution in [2.45, 2.75) is 6.18 Å². The molecule has 2 rings (SSSR count). The molecule has 0 saturated carbocycles. The fraction of sp³-hybridized carbons (Fsp3) is 0.0909. The number of hydrogen-bond acceptors (Lipinski definition) is 4. The van der Waals surface area contributed by atoms with Crippen molar-refractivity contribution < 1.29 is 22.3 Å². The molecule has 0 spiro atoms.